The lowest BCUT2D eigenvalue weighted by atomic mass is 9.92. The second-order valence-electron chi connectivity index (χ2n) is 7.31. The second kappa shape index (κ2) is 21.0. The summed E-state index contributed by atoms with van der Waals surface area (Å²) in [5.74, 6) is -1.04. The van der Waals surface area contributed by atoms with Gasteiger partial charge in [0.15, 0.2) is 0 Å². The molecule has 0 aromatic heterocycles. The molecular weight excluding hydrogens is 374 g/mol. The molecule has 0 spiro atoms. The molecule has 7 nitrogen and oxygen atoms in total. The molecule has 0 amide bonds. The molecule has 0 aliphatic heterocycles. The highest BCUT2D eigenvalue weighted by molar-refractivity contribution is 4.74. The lowest BCUT2D eigenvalue weighted by Gasteiger charge is -2.40. The molecule has 0 aliphatic carbocycles. The summed E-state index contributed by atoms with van der Waals surface area (Å²) >= 11 is 0. The molecule has 7 heteroatoms. The summed E-state index contributed by atoms with van der Waals surface area (Å²) in [5.41, 5.74) is 5.81. The number of hydrogen-bond donors (Lipinski definition) is 1. The van der Waals surface area contributed by atoms with Crippen molar-refractivity contribution in [2.24, 2.45) is 11.7 Å². The van der Waals surface area contributed by atoms with Crippen molar-refractivity contribution >= 4 is 0 Å². The van der Waals surface area contributed by atoms with Gasteiger partial charge in [-0.3, -0.25) is 0 Å². The van der Waals surface area contributed by atoms with Crippen LogP contribution >= 0.6 is 0 Å². The van der Waals surface area contributed by atoms with Crippen molar-refractivity contribution in [1.29, 1.82) is 0 Å². The van der Waals surface area contributed by atoms with Gasteiger partial charge in [0.1, 0.15) is 0 Å². The van der Waals surface area contributed by atoms with Gasteiger partial charge < -0.3 is 34.2 Å². The molecule has 0 aromatic rings. The third kappa shape index (κ3) is 14.4. The first-order valence-electron chi connectivity index (χ1n) is 11.3. The van der Waals surface area contributed by atoms with Crippen molar-refractivity contribution in [3.8, 4) is 0 Å². The van der Waals surface area contributed by atoms with Gasteiger partial charge in [-0.2, -0.15) is 0 Å². The predicted octanol–water partition coefficient (Wildman–Crippen LogP) is 3.73. The van der Waals surface area contributed by atoms with E-state index in [0.717, 1.165) is 25.7 Å². The average molecular weight is 422 g/mol. The SMILES string of the molecule is CCCCCCCCC(CCCN)C(OCCOC)(OCCOC)OCCOC. The molecule has 0 rings (SSSR count). The van der Waals surface area contributed by atoms with Crippen LogP contribution in [0.2, 0.25) is 0 Å². The highest BCUT2D eigenvalue weighted by Crippen LogP contribution is 2.34. The van der Waals surface area contributed by atoms with Gasteiger partial charge >= 0.3 is 0 Å². The maximum Gasteiger partial charge on any atom is 0.286 e. The van der Waals surface area contributed by atoms with Crippen LogP contribution in [0, 0.1) is 5.92 Å². The minimum Gasteiger partial charge on any atom is -0.382 e. The molecule has 0 aliphatic rings. The van der Waals surface area contributed by atoms with Crippen LogP contribution in [0.25, 0.3) is 0 Å². The van der Waals surface area contributed by atoms with Crippen LogP contribution in [0.3, 0.4) is 0 Å². The van der Waals surface area contributed by atoms with Crippen molar-refractivity contribution in [3.05, 3.63) is 0 Å². The summed E-state index contributed by atoms with van der Waals surface area (Å²) < 4.78 is 34.1. The van der Waals surface area contributed by atoms with Gasteiger partial charge in [-0.15, -0.1) is 0 Å². The molecule has 0 heterocycles. The Labute approximate surface area is 178 Å². The van der Waals surface area contributed by atoms with E-state index in [9.17, 15) is 0 Å². The molecule has 1 unspecified atom stereocenters. The van der Waals surface area contributed by atoms with Crippen LogP contribution in [0.4, 0.5) is 0 Å². The first-order chi connectivity index (χ1) is 14.2. The Morgan fingerprint density at radius 1 is 0.621 bits per heavy atom. The van der Waals surface area contributed by atoms with Gasteiger partial charge in [-0.25, -0.2) is 0 Å². The van der Waals surface area contributed by atoms with Gasteiger partial charge in [0.25, 0.3) is 5.97 Å². The Balaban J connectivity index is 5.18. The van der Waals surface area contributed by atoms with E-state index in [-0.39, 0.29) is 5.92 Å². The van der Waals surface area contributed by atoms with E-state index in [1.807, 2.05) is 0 Å². The van der Waals surface area contributed by atoms with Crippen molar-refractivity contribution in [2.45, 2.75) is 70.7 Å². The minimum absolute atomic E-state index is 0.0859. The summed E-state index contributed by atoms with van der Waals surface area (Å²) in [4.78, 5) is 0. The summed E-state index contributed by atoms with van der Waals surface area (Å²) in [6.45, 7) is 5.49. The van der Waals surface area contributed by atoms with Gasteiger partial charge in [0, 0.05) is 27.2 Å². The maximum atomic E-state index is 6.20. The van der Waals surface area contributed by atoms with Crippen molar-refractivity contribution in [2.75, 3.05) is 67.5 Å². The van der Waals surface area contributed by atoms with E-state index in [2.05, 4.69) is 6.92 Å². The number of rotatable bonds is 23. The Bertz CT molecular complexity index is 306. The van der Waals surface area contributed by atoms with E-state index in [0.29, 0.717) is 46.2 Å². The lowest BCUT2D eigenvalue weighted by molar-refractivity contribution is -0.410. The monoisotopic (exact) mass is 421 g/mol. The second-order valence-corrected chi connectivity index (χ2v) is 7.31. The largest absolute Gasteiger partial charge is 0.382 e. The zero-order valence-corrected chi connectivity index (χ0v) is 19.4. The molecule has 0 fully saturated rings. The van der Waals surface area contributed by atoms with Crippen molar-refractivity contribution < 1.29 is 28.4 Å². The Hall–Kier alpha value is -0.280. The Morgan fingerprint density at radius 2 is 1.07 bits per heavy atom. The van der Waals surface area contributed by atoms with Crippen LogP contribution in [-0.2, 0) is 28.4 Å². The third-order valence-corrected chi connectivity index (χ3v) is 4.93. The van der Waals surface area contributed by atoms with Crippen LogP contribution in [0.1, 0.15) is 64.7 Å². The fraction of sp³-hybridized carbons (Fsp3) is 1.00. The topological polar surface area (TPSA) is 81.4 Å². The normalized spacial score (nSPS) is 13.1. The maximum absolute atomic E-state index is 6.20. The van der Waals surface area contributed by atoms with E-state index in [1.165, 1.54) is 32.1 Å². The molecule has 0 saturated heterocycles. The van der Waals surface area contributed by atoms with Gasteiger partial charge in [-0.05, 0) is 25.8 Å². The molecule has 0 aromatic carbocycles. The molecular formula is C22H47NO6. The molecule has 0 radical (unpaired) electrons. The summed E-state index contributed by atoms with van der Waals surface area (Å²) in [7, 11) is 4.97. The van der Waals surface area contributed by atoms with E-state index in [1.54, 1.807) is 21.3 Å². The van der Waals surface area contributed by atoms with Crippen LogP contribution in [0.15, 0.2) is 0 Å². The molecule has 0 bridgehead atoms. The standard InChI is InChI=1S/C22H47NO6/c1-5-6-7-8-9-10-12-21(13-11-14-23)22(27-18-15-24-2,28-19-16-25-3)29-20-17-26-4/h21H,5-20,23H2,1-4H3. The smallest absolute Gasteiger partial charge is 0.286 e. The van der Waals surface area contributed by atoms with Crippen LogP contribution < -0.4 is 5.73 Å². The lowest BCUT2D eigenvalue weighted by Crippen LogP contribution is -2.48. The van der Waals surface area contributed by atoms with Crippen molar-refractivity contribution in [1.82, 2.24) is 0 Å². The van der Waals surface area contributed by atoms with Gasteiger partial charge in [-0.1, -0.05) is 45.4 Å². The zero-order valence-electron chi connectivity index (χ0n) is 19.4. The van der Waals surface area contributed by atoms with E-state index in [4.69, 9.17) is 34.2 Å². The van der Waals surface area contributed by atoms with Crippen molar-refractivity contribution in [3.63, 3.8) is 0 Å². The highest BCUT2D eigenvalue weighted by Gasteiger charge is 2.42. The molecule has 0 saturated carbocycles. The van der Waals surface area contributed by atoms with Gasteiger partial charge in [0.05, 0.1) is 39.6 Å². The first kappa shape index (κ1) is 28.7. The van der Waals surface area contributed by atoms with E-state index < -0.39 is 5.97 Å². The molecule has 29 heavy (non-hydrogen) atoms. The fourth-order valence-electron chi connectivity index (χ4n) is 3.31. The number of hydrogen-bond acceptors (Lipinski definition) is 7. The molecule has 2 N–H and O–H groups in total. The third-order valence-electron chi connectivity index (χ3n) is 4.93. The zero-order chi connectivity index (χ0) is 21.6. The number of nitrogens with two attached hydrogens (primary N) is 1. The average Bonchev–Trinajstić information content (AvgIpc) is 2.73. The fourth-order valence-corrected chi connectivity index (χ4v) is 3.31. The Morgan fingerprint density at radius 3 is 1.52 bits per heavy atom. The minimum atomic E-state index is -1.13. The summed E-state index contributed by atoms with van der Waals surface area (Å²) in [5, 5.41) is 0. The number of methoxy groups -OCH3 is 3. The van der Waals surface area contributed by atoms with Gasteiger partial charge in [0.2, 0.25) is 0 Å². The number of unbranched alkanes of at least 4 members (excludes halogenated alkanes) is 5. The van der Waals surface area contributed by atoms with Crippen LogP contribution in [0.5, 0.6) is 0 Å². The number of ether oxygens (including phenoxy) is 6. The quantitative estimate of drug-likeness (QED) is 0.199. The summed E-state index contributed by atoms with van der Waals surface area (Å²) in [6, 6.07) is 0. The summed E-state index contributed by atoms with van der Waals surface area (Å²) in [6.07, 6.45) is 10.2. The van der Waals surface area contributed by atoms with E-state index >= 15 is 0 Å². The Kier molecular flexibility index (Phi) is 20.8. The predicted molar refractivity (Wildman–Crippen MR) is 116 cm³/mol. The molecule has 1 atom stereocenters. The molecule has 176 valence electrons. The highest BCUT2D eigenvalue weighted by atomic mass is 16.9. The first-order valence-corrected chi connectivity index (χ1v) is 11.3. The van der Waals surface area contributed by atoms with Crippen LogP contribution in [-0.4, -0.2) is 73.5 Å².